The number of esters is 1. The summed E-state index contributed by atoms with van der Waals surface area (Å²) in [5, 5.41) is 20.1. The highest BCUT2D eigenvalue weighted by molar-refractivity contribution is 7.86. The predicted octanol–water partition coefficient (Wildman–Crippen LogP) is 0.873. The van der Waals surface area contributed by atoms with E-state index in [0.29, 0.717) is 0 Å². The van der Waals surface area contributed by atoms with Crippen LogP contribution in [0.1, 0.15) is 16.1 Å². The third kappa shape index (κ3) is 3.13. The molecule has 1 aromatic carbocycles. The zero-order valence-electron chi connectivity index (χ0n) is 12.5. The first-order chi connectivity index (χ1) is 11.6. The van der Waals surface area contributed by atoms with Gasteiger partial charge < -0.3 is 15.0 Å². The van der Waals surface area contributed by atoms with Crippen molar-refractivity contribution in [1.82, 2.24) is 4.57 Å². The molecule has 0 atom stereocenters. The molecule has 1 aromatic heterocycles. The van der Waals surface area contributed by atoms with Crippen LogP contribution in [0.15, 0.2) is 29.3 Å². The summed E-state index contributed by atoms with van der Waals surface area (Å²) in [4.78, 5) is 21.1. The number of rotatable bonds is 4. The van der Waals surface area contributed by atoms with Gasteiger partial charge in [-0.1, -0.05) is 0 Å². The average Bonchev–Trinajstić information content (AvgIpc) is 2.89. The van der Waals surface area contributed by atoms with Crippen molar-refractivity contribution in [2.75, 3.05) is 12.8 Å². The number of anilines is 1. The number of benzene rings is 1. The fraction of sp³-hybridized carbons (Fsp3) is 0.0769. The van der Waals surface area contributed by atoms with Crippen LogP contribution in [0.3, 0.4) is 0 Å². The average molecular weight is 366 g/mol. The number of aromatic nitrogens is 1. The van der Waals surface area contributed by atoms with Crippen molar-refractivity contribution in [1.29, 1.82) is 5.26 Å². The molecule has 0 saturated heterocycles. The topological polar surface area (TPSA) is 179 Å². The minimum Gasteiger partial charge on any atom is -0.464 e. The number of ether oxygens (including phenoxy) is 1. The summed E-state index contributed by atoms with van der Waals surface area (Å²) in [6.07, 6.45) is 1.15. The van der Waals surface area contributed by atoms with Crippen LogP contribution in [0.2, 0.25) is 0 Å². The van der Waals surface area contributed by atoms with Crippen LogP contribution >= 0.6 is 0 Å². The van der Waals surface area contributed by atoms with E-state index >= 15 is 0 Å². The number of nitrogens with two attached hydrogens (primary N) is 1. The summed E-state index contributed by atoms with van der Waals surface area (Å²) < 4.78 is 37.2. The minimum absolute atomic E-state index is 0.0345. The molecule has 3 N–H and O–H groups in total. The maximum absolute atomic E-state index is 11.9. The fourth-order valence-corrected chi connectivity index (χ4v) is 2.77. The molecule has 0 unspecified atom stereocenters. The Kier molecular flexibility index (Phi) is 4.46. The Bertz CT molecular complexity index is 1030. The lowest BCUT2D eigenvalue weighted by Crippen LogP contribution is -2.12. The lowest BCUT2D eigenvalue weighted by atomic mass is 10.2. The number of methoxy groups -OCH3 is 1. The first-order valence-corrected chi connectivity index (χ1v) is 7.81. The molecular formula is C13H10N4O7S. The summed E-state index contributed by atoms with van der Waals surface area (Å²) in [7, 11) is -3.76. The smallest absolute Gasteiger partial charge is 0.357 e. The van der Waals surface area contributed by atoms with Crippen molar-refractivity contribution >= 4 is 27.5 Å². The molecule has 0 aliphatic carbocycles. The molecule has 0 spiro atoms. The lowest BCUT2D eigenvalue weighted by Gasteiger charge is -2.09. The molecule has 0 aliphatic heterocycles. The number of nitrogen functional groups attached to an aromatic ring is 1. The van der Waals surface area contributed by atoms with Gasteiger partial charge >= 0.3 is 16.1 Å². The first kappa shape index (κ1) is 17.9. The Morgan fingerprint density at radius 3 is 2.60 bits per heavy atom. The Balaban J connectivity index is 2.80. The second-order valence-corrected chi connectivity index (χ2v) is 6.05. The number of nitriles is 1. The fourth-order valence-electron chi connectivity index (χ4n) is 2.13. The van der Waals surface area contributed by atoms with Crippen molar-refractivity contribution in [3.8, 4) is 11.8 Å². The molecule has 2 aromatic rings. The molecule has 0 fully saturated rings. The van der Waals surface area contributed by atoms with Gasteiger partial charge in [-0.25, -0.2) is 4.79 Å². The van der Waals surface area contributed by atoms with Crippen LogP contribution in [-0.2, 0) is 14.9 Å². The minimum atomic E-state index is -4.84. The van der Waals surface area contributed by atoms with Crippen LogP contribution in [0.25, 0.3) is 5.69 Å². The molecule has 1 heterocycles. The van der Waals surface area contributed by atoms with E-state index in [2.05, 4.69) is 4.74 Å². The number of carbonyl (C=O) groups is 1. The van der Waals surface area contributed by atoms with Gasteiger partial charge in [0.15, 0.2) is 10.6 Å². The van der Waals surface area contributed by atoms with Crippen LogP contribution < -0.4 is 5.73 Å². The third-order valence-electron chi connectivity index (χ3n) is 3.24. The number of nitro benzene ring substituents is 1. The van der Waals surface area contributed by atoms with Crippen molar-refractivity contribution in [3.05, 3.63) is 45.8 Å². The van der Waals surface area contributed by atoms with Gasteiger partial charge in [-0.3, -0.25) is 14.7 Å². The van der Waals surface area contributed by atoms with E-state index in [9.17, 15) is 23.3 Å². The van der Waals surface area contributed by atoms with Gasteiger partial charge in [-0.15, -0.1) is 0 Å². The standard InChI is InChI=1S/C13H10N4O7S/c1-24-13(18)12-11(15)7(5-14)6-16(12)8-2-3-10(25(21,22)23)9(4-8)17(19)20/h2-4,6H,15H2,1H3,(H,21,22,23). The van der Waals surface area contributed by atoms with Crippen LogP contribution in [0.5, 0.6) is 0 Å². The second-order valence-electron chi connectivity index (χ2n) is 4.66. The highest BCUT2D eigenvalue weighted by Crippen LogP contribution is 2.30. The van der Waals surface area contributed by atoms with Gasteiger partial charge in [0.2, 0.25) is 0 Å². The van der Waals surface area contributed by atoms with Crippen molar-refractivity contribution < 1.29 is 27.4 Å². The van der Waals surface area contributed by atoms with Gasteiger partial charge in [0.05, 0.1) is 29.0 Å². The van der Waals surface area contributed by atoms with E-state index in [1.807, 2.05) is 0 Å². The number of nitrogens with zero attached hydrogens (tertiary/aromatic N) is 3. The number of hydrogen-bond acceptors (Lipinski definition) is 8. The van der Waals surface area contributed by atoms with Crippen LogP contribution in [0, 0.1) is 21.4 Å². The number of hydrogen-bond donors (Lipinski definition) is 2. The largest absolute Gasteiger partial charge is 0.464 e. The van der Waals surface area contributed by atoms with Gasteiger partial charge in [0, 0.05) is 12.3 Å². The monoisotopic (exact) mass is 366 g/mol. The van der Waals surface area contributed by atoms with Gasteiger partial charge in [0.25, 0.3) is 5.69 Å². The normalized spacial score (nSPS) is 10.9. The molecule has 130 valence electrons. The number of nitro groups is 1. The zero-order chi connectivity index (χ0) is 18.9. The lowest BCUT2D eigenvalue weighted by molar-refractivity contribution is -0.387. The molecular weight excluding hydrogens is 356 g/mol. The molecule has 0 aliphatic rings. The van der Waals surface area contributed by atoms with Crippen LogP contribution in [0.4, 0.5) is 11.4 Å². The summed E-state index contributed by atoms with van der Waals surface area (Å²) in [5.41, 5.74) is 4.23. The predicted molar refractivity (Wildman–Crippen MR) is 82.7 cm³/mol. The zero-order valence-corrected chi connectivity index (χ0v) is 13.3. The summed E-state index contributed by atoms with van der Waals surface area (Å²) in [5.74, 6) is -0.902. The SMILES string of the molecule is COC(=O)c1c(N)c(C#N)cn1-c1ccc(S(=O)(=O)O)c([N+](=O)[O-])c1. The molecule has 25 heavy (non-hydrogen) atoms. The molecule has 12 heteroatoms. The molecule has 0 radical (unpaired) electrons. The molecule has 0 amide bonds. The van der Waals surface area contributed by atoms with Gasteiger partial charge in [-0.2, -0.15) is 13.7 Å². The highest BCUT2D eigenvalue weighted by atomic mass is 32.2. The summed E-state index contributed by atoms with van der Waals surface area (Å²) in [6, 6.07) is 4.47. The highest BCUT2D eigenvalue weighted by Gasteiger charge is 2.27. The van der Waals surface area contributed by atoms with Crippen molar-refractivity contribution in [2.24, 2.45) is 0 Å². The van der Waals surface area contributed by atoms with Crippen LogP contribution in [-0.4, -0.2) is 35.5 Å². The third-order valence-corrected chi connectivity index (χ3v) is 4.14. The number of carbonyl (C=O) groups excluding carboxylic acids is 1. The van der Waals surface area contributed by atoms with E-state index in [1.165, 1.54) is 0 Å². The first-order valence-electron chi connectivity index (χ1n) is 6.37. The molecule has 0 saturated carbocycles. The van der Waals surface area contributed by atoms with Gasteiger partial charge in [-0.05, 0) is 12.1 Å². The Labute approximate surface area is 140 Å². The van der Waals surface area contributed by atoms with E-state index in [0.717, 1.165) is 36.1 Å². The molecule has 11 nitrogen and oxygen atoms in total. The maximum Gasteiger partial charge on any atom is 0.357 e. The van der Waals surface area contributed by atoms with Crippen molar-refractivity contribution in [3.63, 3.8) is 0 Å². The van der Waals surface area contributed by atoms with E-state index in [1.54, 1.807) is 6.07 Å². The van der Waals surface area contributed by atoms with Gasteiger partial charge in [0.1, 0.15) is 6.07 Å². The summed E-state index contributed by atoms with van der Waals surface area (Å²) >= 11 is 0. The van der Waals surface area contributed by atoms with E-state index in [4.69, 9.17) is 15.5 Å². The Morgan fingerprint density at radius 1 is 1.48 bits per heavy atom. The van der Waals surface area contributed by atoms with Crippen molar-refractivity contribution in [2.45, 2.75) is 4.90 Å². The maximum atomic E-state index is 11.9. The van der Waals surface area contributed by atoms with E-state index in [-0.39, 0.29) is 22.6 Å². The Morgan fingerprint density at radius 2 is 2.12 bits per heavy atom. The summed E-state index contributed by atoms with van der Waals surface area (Å²) in [6.45, 7) is 0. The van der Waals surface area contributed by atoms with E-state index < -0.39 is 31.6 Å². The molecule has 2 rings (SSSR count). The molecule has 0 bridgehead atoms. The Hall–Kier alpha value is -3.43. The second kappa shape index (κ2) is 6.23. The quantitative estimate of drug-likeness (QED) is 0.343.